The number of ether oxygens (including phenoxy) is 1. The molecule has 5 heteroatoms. The molecule has 2 N–H and O–H groups in total. The van der Waals surface area contributed by atoms with Crippen LogP contribution in [-0.4, -0.2) is 33.4 Å². The zero-order valence-corrected chi connectivity index (χ0v) is 15.6. The van der Waals surface area contributed by atoms with Crippen LogP contribution in [0.25, 0.3) is 10.8 Å². The zero-order valence-electron chi connectivity index (χ0n) is 15.6. The Balaban J connectivity index is 1.49. The molecule has 0 spiro atoms. The predicted molar refractivity (Wildman–Crippen MR) is 111 cm³/mol. The Kier molecular flexibility index (Phi) is 5.42. The Morgan fingerprint density at radius 1 is 0.963 bits per heavy atom. The van der Waals surface area contributed by atoms with Gasteiger partial charge in [0.2, 0.25) is 0 Å². The van der Waals surface area contributed by atoms with Gasteiger partial charge in [-0.15, -0.1) is 0 Å². The molecule has 0 amide bonds. The molecule has 1 aliphatic rings. The van der Waals surface area contributed by atoms with Crippen molar-refractivity contribution in [2.75, 3.05) is 49.1 Å². The van der Waals surface area contributed by atoms with Crippen molar-refractivity contribution >= 4 is 27.8 Å². The van der Waals surface area contributed by atoms with Crippen molar-refractivity contribution in [2.45, 2.75) is 6.54 Å². The minimum absolute atomic E-state index is 0.750. The number of benzene rings is 3. The average molecular weight is 363 g/mol. The van der Waals surface area contributed by atoms with Crippen LogP contribution < -0.4 is 15.7 Å². The van der Waals surface area contributed by atoms with E-state index >= 15 is 0 Å². The molecule has 1 heterocycles. The van der Waals surface area contributed by atoms with E-state index in [1.165, 1.54) is 16.3 Å². The van der Waals surface area contributed by atoms with Crippen LogP contribution in [0.2, 0.25) is 0 Å². The fourth-order valence-corrected chi connectivity index (χ4v) is 3.47. The lowest BCUT2D eigenvalue weighted by molar-refractivity contribution is 0.122. The minimum Gasteiger partial charge on any atom is -0.381 e. The Bertz CT molecular complexity index is 907. The lowest BCUT2D eigenvalue weighted by Crippen LogP contribution is -2.36. The summed E-state index contributed by atoms with van der Waals surface area (Å²) in [6.45, 7) is 4.07. The minimum atomic E-state index is 0.750. The maximum Gasteiger partial charge on any atom is 0.0841 e. The first-order valence-electron chi connectivity index (χ1n) is 9.31. The molecule has 1 aliphatic heterocycles. The third-order valence-corrected chi connectivity index (χ3v) is 4.87. The number of hydrogen-bond acceptors (Lipinski definition) is 5. The van der Waals surface area contributed by atoms with Crippen LogP contribution in [-0.2, 0) is 16.1 Å². The van der Waals surface area contributed by atoms with Gasteiger partial charge in [-0.05, 0) is 40.6 Å². The van der Waals surface area contributed by atoms with Gasteiger partial charge in [-0.1, -0.05) is 36.4 Å². The average Bonchev–Trinajstić information content (AvgIpc) is 2.73. The van der Waals surface area contributed by atoms with E-state index in [4.69, 9.17) is 9.57 Å². The van der Waals surface area contributed by atoms with Gasteiger partial charge >= 0.3 is 0 Å². The SMILES string of the molecule is CONc1cc(CNc2ccc3ccccc3c2)ccc1N1CCOCC1. The molecule has 0 aliphatic carbocycles. The molecule has 27 heavy (non-hydrogen) atoms. The number of fused-ring (bicyclic) bond motifs is 1. The summed E-state index contributed by atoms with van der Waals surface area (Å²) >= 11 is 0. The van der Waals surface area contributed by atoms with Gasteiger partial charge in [-0.2, -0.15) is 0 Å². The van der Waals surface area contributed by atoms with E-state index in [1.54, 1.807) is 7.11 Å². The Morgan fingerprint density at radius 3 is 2.59 bits per heavy atom. The van der Waals surface area contributed by atoms with E-state index in [1.807, 2.05) is 0 Å². The Morgan fingerprint density at radius 2 is 1.78 bits per heavy atom. The van der Waals surface area contributed by atoms with E-state index in [0.29, 0.717) is 0 Å². The van der Waals surface area contributed by atoms with E-state index < -0.39 is 0 Å². The lowest BCUT2D eigenvalue weighted by atomic mass is 10.1. The first kappa shape index (κ1) is 17.6. The third-order valence-electron chi connectivity index (χ3n) is 4.87. The molecular weight excluding hydrogens is 338 g/mol. The van der Waals surface area contributed by atoms with Crippen molar-refractivity contribution in [3.05, 3.63) is 66.2 Å². The van der Waals surface area contributed by atoms with E-state index in [2.05, 4.69) is 76.4 Å². The van der Waals surface area contributed by atoms with Gasteiger partial charge in [0.05, 0.1) is 31.7 Å². The highest BCUT2D eigenvalue weighted by Gasteiger charge is 2.15. The molecule has 0 bridgehead atoms. The van der Waals surface area contributed by atoms with Gasteiger partial charge < -0.3 is 15.0 Å². The van der Waals surface area contributed by atoms with Crippen molar-refractivity contribution in [2.24, 2.45) is 0 Å². The Labute approximate surface area is 159 Å². The molecule has 140 valence electrons. The third kappa shape index (κ3) is 4.15. The van der Waals surface area contributed by atoms with Crippen molar-refractivity contribution in [1.82, 2.24) is 0 Å². The highest BCUT2D eigenvalue weighted by Crippen LogP contribution is 2.28. The molecule has 3 aromatic carbocycles. The summed E-state index contributed by atoms with van der Waals surface area (Å²) in [5, 5.41) is 6.02. The second-order valence-corrected chi connectivity index (χ2v) is 6.67. The van der Waals surface area contributed by atoms with Crippen LogP contribution >= 0.6 is 0 Å². The van der Waals surface area contributed by atoms with Crippen molar-refractivity contribution in [1.29, 1.82) is 0 Å². The summed E-state index contributed by atoms with van der Waals surface area (Å²) in [5.74, 6) is 0. The first-order valence-corrected chi connectivity index (χ1v) is 9.31. The second kappa shape index (κ2) is 8.29. The molecular formula is C22H25N3O2. The fraction of sp³-hybridized carbons (Fsp3) is 0.273. The van der Waals surface area contributed by atoms with Crippen LogP contribution in [0.4, 0.5) is 17.1 Å². The van der Waals surface area contributed by atoms with Gasteiger partial charge in [-0.3, -0.25) is 10.3 Å². The quantitative estimate of drug-likeness (QED) is 0.641. The van der Waals surface area contributed by atoms with Gasteiger partial charge in [0, 0.05) is 25.3 Å². The van der Waals surface area contributed by atoms with Crippen LogP contribution in [0.5, 0.6) is 0 Å². The number of hydrogen-bond donors (Lipinski definition) is 2. The fourth-order valence-electron chi connectivity index (χ4n) is 3.47. The van der Waals surface area contributed by atoms with E-state index in [0.717, 1.165) is 49.9 Å². The van der Waals surface area contributed by atoms with Gasteiger partial charge in [0.25, 0.3) is 0 Å². The standard InChI is InChI=1S/C22H25N3O2/c1-26-24-21-14-17(6-9-22(21)25-10-12-27-13-11-25)16-23-20-8-7-18-4-2-3-5-19(18)15-20/h2-9,14-15,23-24H,10-13,16H2,1H3. The topological polar surface area (TPSA) is 45.8 Å². The summed E-state index contributed by atoms with van der Waals surface area (Å²) in [7, 11) is 1.64. The number of nitrogens with one attached hydrogen (secondary N) is 2. The molecule has 3 aromatic rings. The first-order chi connectivity index (χ1) is 13.3. The molecule has 0 aromatic heterocycles. The predicted octanol–water partition coefficient (Wildman–Crippen LogP) is 4.26. The van der Waals surface area contributed by atoms with Gasteiger partial charge in [0.1, 0.15) is 0 Å². The maximum absolute atomic E-state index is 5.46. The molecule has 1 fully saturated rings. The van der Waals surface area contributed by atoms with Crippen molar-refractivity contribution < 1.29 is 9.57 Å². The molecule has 0 atom stereocenters. The molecule has 1 saturated heterocycles. The maximum atomic E-state index is 5.46. The summed E-state index contributed by atoms with van der Waals surface area (Å²) < 4.78 is 5.46. The molecule has 0 unspecified atom stereocenters. The summed E-state index contributed by atoms with van der Waals surface area (Å²) in [6, 6.07) is 21.3. The molecule has 0 saturated carbocycles. The van der Waals surface area contributed by atoms with E-state index in [9.17, 15) is 0 Å². The summed E-state index contributed by atoms with van der Waals surface area (Å²) in [6.07, 6.45) is 0. The van der Waals surface area contributed by atoms with Crippen LogP contribution in [0.3, 0.4) is 0 Å². The molecule has 0 radical (unpaired) electrons. The van der Waals surface area contributed by atoms with Crippen LogP contribution in [0.15, 0.2) is 60.7 Å². The van der Waals surface area contributed by atoms with Crippen molar-refractivity contribution in [3.63, 3.8) is 0 Å². The Hall–Kier alpha value is -2.76. The monoisotopic (exact) mass is 363 g/mol. The van der Waals surface area contributed by atoms with Crippen LogP contribution in [0.1, 0.15) is 5.56 Å². The number of anilines is 3. The van der Waals surface area contributed by atoms with Crippen LogP contribution in [0, 0.1) is 0 Å². The lowest BCUT2D eigenvalue weighted by Gasteiger charge is -2.30. The highest BCUT2D eigenvalue weighted by molar-refractivity contribution is 5.85. The second-order valence-electron chi connectivity index (χ2n) is 6.67. The van der Waals surface area contributed by atoms with Gasteiger partial charge in [0.15, 0.2) is 0 Å². The number of morpholine rings is 1. The van der Waals surface area contributed by atoms with Crippen molar-refractivity contribution in [3.8, 4) is 0 Å². The summed E-state index contributed by atoms with van der Waals surface area (Å²) in [5.41, 5.74) is 7.47. The summed E-state index contributed by atoms with van der Waals surface area (Å²) in [4.78, 5) is 7.52. The van der Waals surface area contributed by atoms with E-state index in [-0.39, 0.29) is 0 Å². The normalized spacial score (nSPS) is 14.3. The molecule has 4 rings (SSSR count). The van der Waals surface area contributed by atoms with Gasteiger partial charge in [-0.25, -0.2) is 0 Å². The largest absolute Gasteiger partial charge is 0.381 e. The molecule has 5 nitrogen and oxygen atoms in total. The zero-order chi connectivity index (χ0) is 18.5. The highest BCUT2D eigenvalue weighted by atomic mass is 16.6. The number of nitrogens with zero attached hydrogens (tertiary/aromatic N) is 1. The number of rotatable bonds is 6. The smallest absolute Gasteiger partial charge is 0.0841 e.